The molecule has 0 radical (unpaired) electrons. The molecule has 0 bridgehead atoms. The summed E-state index contributed by atoms with van der Waals surface area (Å²) in [4.78, 5) is 12.5. The maximum absolute atomic E-state index is 10.5. The molecule has 0 heterocycles. The molecule has 0 fully saturated rings. The Balaban J connectivity index is 2.80. The fraction of sp³-hybridized carbons (Fsp3) is 0.353. The third-order valence-electron chi connectivity index (χ3n) is 3.26. The number of aliphatic hydroxyl groups is 1. The topological polar surface area (TPSA) is 60.8 Å². The number of hydrogen-bond donors (Lipinski definition) is 2. The molecule has 2 N–H and O–H groups in total. The van der Waals surface area contributed by atoms with E-state index in [0.29, 0.717) is 0 Å². The Bertz CT molecular complexity index is 529. The molecule has 1 aromatic carbocycles. The van der Waals surface area contributed by atoms with Crippen LogP contribution in [0.4, 0.5) is 5.69 Å². The fourth-order valence-corrected chi connectivity index (χ4v) is 2.04. The molecule has 0 saturated heterocycles. The number of nitrogens with zero attached hydrogens (tertiary/aromatic N) is 1. The predicted octanol–water partition coefficient (Wildman–Crippen LogP) is 3.01. The van der Waals surface area contributed by atoms with Crippen LogP contribution in [0.1, 0.15) is 25.5 Å². The Kier molecular flexibility index (Phi) is 6.18. The second kappa shape index (κ2) is 7.64. The van der Waals surface area contributed by atoms with Crippen LogP contribution in [0.3, 0.4) is 0 Å². The van der Waals surface area contributed by atoms with Crippen LogP contribution in [0.25, 0.3) is 0 Å². The zero-order chi connectivity index (χ0) is 16.0. The number of aliphatic hydroxyl groups excluding tert-OH is 1. The molecule has 4 nitrogen and oxygen atoms in total. The van der Waals surface area contributed by atoms with Crippen molar-refractivity contribution in [3.63, 3.8) is 0 Å². The second-order valence-corrected chi connectivity index (χ2v) is 5.37. The molecule has 0 aliphatic carbocycles. The van der Waals surface area contributed by atoms with E-state index in [2.05, 4.69) is 0 Å². The van der Waals surface area contributed by atoms with Crippen LogP contribution >= 0.6 is 0 Å². The molecule has 0 aliphatic heterocycles. The second-order valence-electron chi connectivity index (χ2n) is 5.37. The number of benzene rings is 1. The molecule has 2 atom stereocenters. The number of hydrogen-bond acceptors (Lipinski definition) is 3. The van der Waals surface area contributed by atoms with Gasteiger partial charge in [0.25, 0.3) is 0 Å². The Labute approximate surface area is 126 Å². The number of carbonyl (C=O) groups is 1. The van der Waals surface area contributed by atoms with Crippen molar-refractivity contribution in [3.05, 3.63) is 53.6 Å². The highest BCUT2D eigenvalue weighted by molar-refractivity contribution is 5.80. The summed E-state index contributed by atoms with van der Waals surface area (Å²) in [5.74, 6) is -1.08. The summed E-state index contributed by atoms with van der Waals surface area (Å²) < 4.78 is 0. The van der Waals surface area contributed by atoms with Crippen molar-refractivity contribution in [2.45, 2.75) is 20.0 Å². The maximum atomic E-state index is 10.5. The van der Waals surface area contributed by atoms with Crippen LogP contribution in [-0.4, -0.2) is 30.3 Å². The summed E-state index contributed by atoms with van der Waals surface area (Å²) in [6.45, 7) is 3.72. The molecule has 21 heavy (non-hydrogen) atoms. The summed E-state index contributed by atoms with van der Waals surface area (Å²) in [5, 5.41) is 18.9. The first-order valence-corrected chi connectivity index (χ1v) is 6.86. The highest BCUT2D eigenvalue weighted by Gasteiger charge is 2.14. The van der Waals surface area contributed by atoms with Gasteiger partial charge in [0.15, 0.2) is 0 Å². The number of carboxylic acids is 1. The minimum absolute atomic E-state index is 0.103. The number of rotatable bonds is 6. The normalized spacial score (nSPS) is 15.0. The lowest BCUT2D eigenvalue weighted by Crippen LogP contribution is -2.10. The summed E-state index contributed by atoms with van der Waals surface area (Å²) in [6.07, 6.45) is 3.87. The van der Waals surface area contributed by atoms with Gasteiger partial charge in [-0.2, -0.15) is 0 Å². The van der Waals surface area contributed by atoms with Crippen LogP contribution in [0.2, 0.25) is 0 Å². The van der Waals surface area contributed by atoms with E-state index >= 15 is 0 Å². The molecular weight excluding hydrogens is 266 g/mol. The van der Waals surface area contributed by atoms with Crippen molar-refractivity contribution in [2.24, 2.45) is 5.92 Å². The average Bonchev–Trinajstić information content (AvgIpc) is 2.44. The monoisotopic (exact) mass is 289 g/mol. The van der Waals surface area contributed by atoms with Gasteiger partial charge in [0.05, 0.1) is 6.10 Å². The van der Waals surface area contributed by atoms with Gasteiger partial charge in [-0.15, -0.1) is 0 Å². The summed E-state index contributed by atoms with van der Waals surface area (Å²) in [7, 11) is 3.93. The van der Waals surface area contributed by atoms with Gasteiger partial charge >= 0.3 is 5.97 Å². The van der Waals surface area contributed by atoms with Gasteiger partial charge in [0, 0.05) is 31.8 Å². The SMILES string of the molecule is CC(/C=C/C(=O)O)=C\[C@H](C)C(O)c1ccc(N(C)C)cc1. The maximum Gasteiger partial charge on any atom is 0.328 e. The van der Waals surface area contributed by atoms with Crippen molar-refractivity contribution in [1.29, 1.82) is 0 Å². The number of allylic oxidation sites excluding steroid dienone is 2. The lowest BCUT2D eigenvalue weighted by Gasteiger charge is -2.18. The van der Waals surface area contributed by atoms with Crippen LogP contribution < -0.4 is 4.90 Å². The van der Waals surface area contributed by atoms with Crippen molar-refractivity contribution in [1.82, 2.24) is 0 Å². The van der Waals surface area contributed by atoms with Crippen molar-refractivity contribution in [3.8, 4) is 0 Å². The molecule has 0 aliphatic rings. The molecule has 1 aromatic rings. The molecule has 0 spiro atoms. The molecular formula is C17H23NO3. The molecule has 114 valence electrons. The van der Waals surface area contributed by atoms with Gasteiger partial charge in [0.1, 0.15) is 0 Å². The molecule has 0 aromatic heterocycles. The van der Waals surface area contributed by atoms with Crippen molar-refractivity contribution >= 4 is 11.7 Å². The van der Waals surface area contributed by atoms with E-state index in [1.807, 2.05) is 63.2 Å². The van der Waals surface area contributed by atoms with E-state index in [-0.39, 0.29) is 5.92 Å². The molecule has 1 unspecified atom stereocenters. The number of aliphatic carboxylic acids is 1. The zero-order valence-electron chi connectivity index (χ0n) is 12.9. The third-order valence-corrected chi connectivity index (χ3v) is 3.26. The first kappa shape index (κ1) is 17.0. The van der Waals surface area contributed by atoms with E-state index in [9.17, 15) is 9.90 Å². The van der Waals surface area contributed by atoms with E-state index in [1.165, 1.54) is 6.08 Å². The Morgan fingerprint density at radius 2 is 1.76 bits per heavy atom. The Morgan fingerprint density at radius 1 is 1.19 bits per heavy atom. The van der Waals surface area contributed by atoms with Gasteiger partial charge in [-0.25, -0.2) is 4.79 Å². The summed E-state index contributed by atoms with van der Waals surface area (Å²) in [6, 6.07) is 7.75. The molecule has 0 amide bonds. The van der Waals surface area contributed by atoms with Crippen LogP contribution in [0.15, 0.2) is 48.1 Å². The van der Waals surface area contributed by atoms with E-state index in [1.54, 1.807) is 0 Å². The highest BCUT2D eigenvalue weighted by Crippen LogP contribution is 2.25. The smallest absolute Gasteiger partial charge is 0.328 e. The largest absolute Gasteiger partial charge is 0.478 e. The quantitative estimate of drug-likeness (QED) is 0.624. The fourth-order valence-electron chi connectivity index (χ4n) is 2.04. The van der Waals surface area contributed by atoms with Crippen LogP contribution in [-0.2, 0) is 4.79 Å². The Hall–Kier alpha value is -2.07. The molecule has 1 rings (SSSR count). The summed E-state index contributed by atoms with van der Waals surface area (Å²) in [5.41, 5.74) is 2.74. The van der Waals surface area contributed by atoms with Crippen LogP contribution in [0, 0.1) is 5.92 Å². The lowest BCUT2D eigenvalue weighted by atomic mass is 9.95. The predicted molar refractivity (Wildman–Crippen MR) is 85.4 cm³/mol. The number of anilines is 1. The molecule has 0 saturated carbocycles. The standard InChI is InChI=1S/C17H23NO3/c1-12(5-10-16(19)20)11-13(2)17(21)14-6-8-15(9-7-14)18(3)4/h5-11,13,17,21H,1-4H3,(H,19,20)/b10-5+,12-11+/t13-,17?/m0/s1. The van der Waals surface area contributed by atoms with Crippen molar-refractivity contribution < 1.29 is 15.0 Å². The minimum Gasteiger partial charge on any atom is -0.478 e. The van der Waals surface area contributed by atoms with Crippen molar-refractivity contribution in [2.75, 3.05) is 19.0 Å². The summed E-state index contributed by atoms with van der Waals surface area (Å²) >= 11 is 0. The first-order valence-electron chi connectivity index (χ1n) is 6.86. The average molecular weight is 289 g/mol. The van der Waals surface area contributed by atoms with Gasteiger partial charge in [-0.05, 0) is 24.6 Å². The van der Waals surface area contributed by atoms with Gasteiger partial charge in [-0.1, -0.05) is 36.8 Å². The van der Waals surface area contributed by atoms with Gasteiger partial charge in [-0.3, -0.25) is 0 Å². The van der Waals surface area contributed by atoms with Crippen LogP contribution in [0.5, 0.6) is 0 Å². The highest BCUT2D eigenvalue weighted by atomic mass is 16.4. The van der Waals surface area contributed by atoms with E-state index < -0.39 is 12.1 Å². The zero-order valence-corrected chi connectivity index (χ0v) is 12.9. The first-order chi connectivity index (χ1) is 9.81. The Morgan fingerprint density at radius 3 is 2.24 bits per heavy atom. The van der Waals surface area contributed by atoms with E-state index in [0.717, 1.165) is 22.9 Å². The molecule has 4 heteroatoms. The minimum atomic E-state index is -0.977. The third kappa shape index (κ3) is 5.44. The lowest BCUT2D eigenvalue weighted by molar-refractivity contribution is -0.131. The van der Waals surface area contributed by atoms with E-state index in [4.69, 9.17) is 5.11 Å². The van der Waals surface area contributed by atoms with Gasteiger partial charge < -0.3 is 15.1 Å². The van der Waals surface area contributed by atoms with Gasteiger partial charge in [0.2, 0.25) is 0 Å². The number of carboxylic acid groups (broad SMARTS) is 1.